The van der Waals surface area contributed by atoms with Crippen LogP contribution < -0.4 is 10.6 Å². The molecule has 4 nitrogen and oxygen atoms in total. The number of hydrogen-bond acceptors (Lipinski definition) is 3. The SMILES string of the molecule is CCC/C=C(\NC(=O)C1CCCCN1)OC1=C(C)C=C(C)CC1. The Morgan fingerprint density at radius 2 is 2.22 bits per heavy atom. The number of nitrogens with one attached hydrogen (secondary N) is 2. The zero-order chi connectivity index (χ0) is 16.7. The van der Waals surface area contributed by atoms with Gasteiger partial charge in [-0.1, -0.05) is 31.4 Å². The number of rotatable bonds is 6. The quantitative estimate of drug-likeness (QED) is 0.730. The summed E-state index contributed by atoms with van der Waals surface area (Å²) in [5.74, 6) is 1.58. The smallest absolute Gasteiger partial charge is 0.243 e. The van der Waals surface area contributed by atoms with Crippen LogP contribution in [0.1, 0.15) is 65.7 Å². The normalized spacial score (nSPS) is 22.7. The van der Waals surface area contributed by atoms with E-state index in [1.807, 2.05) is 6.08 Å². The molecule has 0 aromatic carbocycles. The van der Waals surface area contributed by atoms with E-state index in [0.29, 0.717) is 5.88 Å². The first-order valence-electron chi connectivity index (χ1n) is 8.89. The molecule has 1 atom stereocenters. The van der Waals surface area contributed by atoms with Crippen molar-refractivity contribution in [2.45, 2.75) is 71.8 Å². The standard InChI is InChI=1S/C19H30N2O2/c1-4-5-9-18(21-19(22)16-8-6-7-12-20-16)23-17-11-10-14(2)13-15(17)3/h9,13,16,20H,4-8,10-12H2,1-3H3,(H,21,22)/b18-9+. The van der Waals surface area contributed by atoms with Gasteiger partial charge in [0.25, 0.3) is 0 Å². The maximum Gasteiger partial charge on any atom is 0.243 e. The molecule has 0 saturated carbocycles. The second kappa shape index (κ2) is 8.92. The van der Waals surface area contributed by atoms with Gasteiger partial charge >= 0.3 is 0 Å². The maximum atomic E-state index is 12.4. The van der Waals surface area contributed by atoms with Crippen molar-refractivity contribution in [3.63, 3.8) is 0 Å². The van der Waals surface area contributed by atoms with Gasteiger partial charge in [0.2, 0.25) is 5.91 Å². The summed E-state index contributed by atoms with van der Waals surface area (Å²) in [6.07, 6.45) is 11.2. The maximum absolute atomic E-state index is 12.4. The lowest BCUT2D eigenvalue weighted by atomic mass is 10.00. The first kappa shape index (κ1) is 17.8. The number of ether oxygens (including phenoxy) is 1. The Hall–Kier alpha value is -1.55. The molecule has 2 aliphatic rings. The molecule has 0 spiro atoms. The molecule has 23 heavy (non-hydrogen) atoms. The third-order valence-electron chi connectivity index (χ3n) is 4.37. The third kappa shape index (κ3) is 5.54. The Labute approximate surface area is 140 Å². The Morgan fingerprint density at radius 3 is 2.87 bits per heavy atom. The van der Waals surface area contributed by atoms with Gasteiger partial charge in [0.15, 0.2) is 5.88 Å². The zero-order valence-electron chi connectivity index (χ0n) is 14.7. The summed E-state index contributed by atoms with van der Waals surface area (Å²) in [4.78, 5) is 12.4. The topological polar surface area (TPSA) is 50.4 Å². The van der Waals surface area contributed by atoms with Gasteiger partial charge in [0.1, 0.15) is 5.76 Å². The highest BCUT2D eigenvalue weighted by atomic mass is 16.5. The molecule has 0 bridgehead atoms. The van der Waals surface area contributed by atoms with Gasteiger partial charge in [0, 0.05) is 6.42 Å². The van der Waals surface area contributed by atoms with E-state index < -0.39 is 0 Å². The van der Waals surface area contributed by atoms with Crippen LogP contribution in [0.25, 0.3) is 0 Å². The van der Waals surface area contributed by atoms with E-state index in [4.69, 9.17) is 4.74 Å². The molecule has 2 rings (SSSR count). The van der Waals surface area contributed by atoms with Crippen molar-refractivity contribution in [1.29, 1.82) is 0 Å². The van der Waals surface area contributed by atoms with Gasteiger partial charge < -0.3 is 10.1 Å². The zero-order valence-corrected chi connectivity index (χ0v) is 14.7. The lowest BCUT2D eigenvalue weighted by Gasteiger charge is -2.24. The highest BCUT2D eigenvalue weighted by Gasteiger charge is 2.22. The number of piperidine rings is 1. The van der Waals surface area contributed by atoms with Crippen LogP contribution in [-0.2, 0) is 9.53 Å². The molecule has 1 heterocycles. The molecule has 1 saturated heterocycles. The van der Waals surface area contributed by atoms with Crippen LogP contribution in [-0.4, -0.2) is 18.5 Å². The molecular weight excluding hydrogens is 288 g/mol. The summed E-state index contributed by atoms with van der Waals surface area (Å²) in [7, 11) is 0. The highest BCUT2D eigenvalue weighted by molar-refractivity contribution is 5.83. The van der Waals surface area contributed by atoms with Crippen LogP contribution >= 0.6 is 0 Å². The summed E-state index contributed by atoms with van der Waals surface area (Å²) >= 11 is 0. The van der Waals surface area contributed by atoms with Crippen molar-refractivity contribution >= 4 is 5.91 Å². The number of carbonyl (C=O) groups is 1. The van der Waals surface area contributed by atoms with Crippen LogP contribution in [0.5, 0.6) is 0 Å². The minimum Gasteiger partial charge on any atom is -0.445 e. The third-order valence-corrected chi connectivity index (χ3v) is 4.37. The van der Waals surface area contributed by atoms with Gasteiger partial charge in [-0.2, -0.15) is 0 Å². The number of unbranched alkanes of at least 4 members (excludes halogenated alkanes) is 1. The molecule has 0 radical (unpaired) electrons. The van der Waals surface area contributed by atoms with Gasteiger partial charge in [-0.3, -0.25) is 10.1 Å². The molecule has 0 aromatic heterocycles. The fraction of sp³-hybridized carbons (Fsp3) is 0.632. The molecule has 2 N–H and O–H groups in total. The number of amides is 1. The summed E-state index contributed by atoms with van der Waals surface area (Å²) < 4.78 is 6.05. The van der Waals surface area contributed by atoms with E-state index in [1.165, 1.54) is 5.57 Å². The molecule has 1 fully saturated rings. The van der Waals surface area contributed by atoms with Crippen molar-refractivity contribution < 1.29 is 9.53 Å². The number of hydrogen-bond donors (Lipinski definition) is 2. The van der Waals surface area contributed by atoms with E-state index in [2.05, 4.69) is 37.5 Å². The molecule has 1 unspecified atom stereocenters. The van der Waals surface area contributed by atoms with Crippen molar-refractivity contribution in [2.24, 2.45) is 0 Å². The molecule has 128 valence electrons. The average Bonchev–Trinajstić information content (AvgIpc) is 2.55. The van der Waals surface area contributed by atoms with Crippen LogP contribution in [0.4, 0.5) is 0 Å². The van der Waals surface area contributed by atoms with Gasteiger partial charge in [-0.05, 0) is 57.7 Å². The van der Waals surface area contributed by atoms with Gasteiger partial charge in [-0.25, -0.2) is 0 Å². The van der Waals surface area contributed by atoms with E-state index in [1.54, 1.807) is 0 Å². The Morgan fingerprint density at radius 1 is 1.39 bits per heavy atom. The summed E-state index contributed by atoms with van der Waals surface area (Å²) in [5, 5.41) is 6.27. The predicted octanol–water partition coefficient (Wildman–Crippen LogP) is 3.92. The van der Waals surface area contributed by atoms with Gasteiger partial charge in [0.05, 0.1) is 6.04 Å². The Bertz CT molecular complexity index is 511. The highest BCUT2D eigenvalue weighted by Crippen LogP contribution is 2.25. The van der Waals surface area contributed by atoms with Crippen LogP contribution in [0.3, 0.4) is 0 Å². The van der Waals surface area contributed by atoms with Gasteiger partial charge in [-0.15, -0.1) is 0 Å². The molecule has 1 aliphatic heterocycles. The number of carbonyl (C=O) groups excluding carboxylic acids is 1. The minimum absolute atomic E-state index is 0.0211. The van der Waals surface area contributed by atoms with Crippen molar-refractivity contribution in [3.05, 3.63) is 34.9 Å². The first-order valence-corrected chi connectivity index (χ1v) is 8.89. The Kier molecular flexibility index (Phi) is 6.90. The fourth-order valence-electron chi connectivity index (χ4n) is 2.97. The number of allylic oxidation sites excluding steroid dienone is 5. The van der Waals surface area contributed by atoms with E-state index in [9.17, 15) is 4.79 Å². The minimum atomic E-state index is -0.0963. The average molecular weight is 318 g/mol. The summed E-state index contributed by atoms with van der Waals surface area (Å²) in [5.41, 5.74) is 2.53. The molecule has 0 aromatic rings. The molecule has 4 heteroatoms. The second-order valence-corrected chi connectivity index (χ2v) is 6.55. The summed E-state index contributed by atoms with van der Waals surface area (Å²) in [6, 6.07) is -0.0963. The lowest BCUT2D eigenvalue weighted by Crippen LogP contribution is -2.46. The van der Waals surface area contributed by atoms with E-state index in [-0.39, 0.29) is 11.9 Å². The Balaban J connectivity index is 2.02. The monoisotopic (exact) mass is 318 g/mol. The van der Waals surface area contributed by atoms with E-state index in [0.717, 1.165) is 62.8 Å². The summed E-state index contributed by atoms with van der Waals surface area (Å²) in [6.45, 7) is 7.25. The van der Waals surface area contributed by atoms with Crippen molar-refractivity contribution in [1.82, 2.24) is 10.6 Å². The molecular formula is C19H30N2O2. The predicted molar refractivity (Wildman–Crippen MR) is 93.6 cm³/mol. The molecule has 1 amide bonds. The fourth-order valence-corrected chi connectivity index (χ4v) is 2.97. The molecule has 1 aliphatic carbocycles. The first-order chi connectivity index (χ1) is 11.1. The van der Waals surface area contributed by atoms with Crippen molar-refractivity contribution in [3.8, 4) is 0 Å². The largest absolute Gasteiger partial charge is 0.445 e. The van der Waals surface area contributed by atoms with Crippen molar-refractivity contribution in [2.75, 3.05) is 6.54 Å². The van der Waals surface area contributed by atoms with E-state index >= 15 is 0 Å². The second-order valence-electron chi connectivity index (χ2n) is 6.55. The lowest BCUT2D eigenvalue weighted by molar-refractivity contribution is -0.123. The van der Waals surface area contributed by atoms with Crippen LogP contribution in [0.15, 0.2) is 34.9 Å². The van der Waals surface area contributed by atoms with Crippen LogP contribution in [0.2, 0.25) is 0 Å². The van der Waals surface area contributed by atoms with Crippen LogP contribution in [0, 0.1) is 0 Å².